The van der Waals surface area contributed by atoms with Gasteiger partial charge in [0.15, 0.2) is 0 Å². The molecule has 0 saturated carbocycles. The zero-order valence-corrected chi connectivity index (χ0v) is 19.8. The molecule has 4 rings (SSSR count). The van der Waals surface area contributed by atoms with Crippen molar-refractivity contribution < 1.29 is 18.0 Å². The zero-order chi connectivity index (χ0) is 24.1. The number of hydrogen-bond acceptors (Lipinski definition) is 4. The summed E-state index contributed by atoms with van der Waals surface area (Å²) >= 11 is 0. The molecule has 8 heteroatoms. The monoisotopic (exact) mass is 477 g/mol. The van der Waals surface area contributed by atoms with Crippen LogP contribution >= 0.6 is 0 Å². The number of carbonyl (C=O) groups excluding carboxylic acids is 2. The number of benzene rings is 3. The first-order valence-corrected chi connectivity index (χ1v) is 12.6. The van der Waals surface area contributed by atoms with Crippen molar-refractivity contribution in [1.82, 2.24) is 4.90 Å². The first-order valence-electron chi connectivity index (χ1n) is 11.2. The van der Waals surface area contributed by atoms with E-state index in [-0.39, 0.29) is 10.8 Å². The Kier molecular flexibility index (Phi) is 6.98. The van der Waals surface area contributed by atoms with Gasteiger partial charge in [-0.15, -0.1) is 0 Å². The molecule has 1 saturated heterocycles. The van der Waals surface area contributed by atoms with Crippen LogP contribution in [0.4, 0.5) is 11.4 Å². The van der Waals surface area contributed by atoms with Crippen LogP contribution in [0.2, 0.25) is 0 Å². The van der Waals surface area contributed by atoms with E-state index in [1.54, 1.807) is 71.6 Å². The molecule has 1 N–H and O–H groups in total. The Hall–Kier alpha value is -3.65. The molecule has 3 aromatic carbocycles. The molecule has 0 atom stereocenters. The first kappa shape index (κ1) is 23.5. The van der Waals surface area contributed by atoms with Crippen molar-refractivity contribution in [3.05, 3.63) is 90.0 Å². The number of aryl methyl sites for hydroxylation is 1. The average molecular weight is 478 g/mol. The molecule has 1 aliphatic rings. The number of anilines is 2. The lowest BCUT2D eigenvalue weighted by Gasteiger charge is -2.24. The van der Waals surface area contributed by atoms with E-state index in [0.29, 0.717) is 30.0 Å². The third-order valence-electron chi connectivity index (χ3n) is 5.77. The van der Waals surface area contributed by atoms with Crippen LogP contribution in [-0.2, 0) is 14.8 Å². The van der Waals surface area contributed by atoms with E-state index >= 15 is 0 Å². The maximum atomic E-state index is 13.4. The second kappa shape index (κ2) is 10.1. The van der Waals surface area contributed by atoms with E-state index < -0.39 is 22.5 Å². The van der Waals surface area contributed by atoms with E-state index in [9.17, 15) is 18.0 Å². The van der Waals surface area contributed by atoms with Crippen molar-refractivity contribution in [2.24, 2.45) is 0 Å². The fourth-order valence-electron chi connectivity index (χ4n) is 3.94. The maximum absolute atomic E-state index is 13.4. The summed E-state index contributed by atoms with van der Waals surface area (Å²) in [5.41, 5.74) is 2.11. The molecular weight excluding hydrogens is 450 g/mol. The van der Waals surface area contributed by atoms with E-state index in [4.69, 9.17) is 0 Å². The number of nitrogens with zero attached hydrogens (tertiary/aromatic N) is 2. The smallest absolute Gasteiger partial charge is 0.264 e. The van der Waals surface area contributed by atoms with Gasteiger partial charge in [0.25, 0.3) is 15.9 Å². The number of nitrogens with one attached hydrogen (secondary N) is 1. The molecule has 0 bridgehead atoms. The summed E-state index contributed by atoms with van der Waals surface area (Å²) in [7, 11) is -4.00. The zero-order valence-electron chi connectivity index (χ0n) is 19.0. The van der Waals surface area contributed by atoms with Crippen LogP contribution in [0.15, 0.2) is 83.8 Å². The summed E-state index contributed by atoms with van der Waals surface area (Å²) in [5, 5.41) is 2.76. The summed E-state index contributed by atoms with van der Waals surface area (Å²) in [6.07, 6.45) is 1.92. The predicted octanol–water partition coefficient (Wildman–Crippen LogP) is 4.07. The summed E-state index contributed by atoms with van der Waals surface area (Å²) in [6.45, 7) is 2.85. The highest BCUT2D eigenvalue weighted by Gasteiger charge is 2.28. The minimum atomic E-state index is -4.00. The van der Waals surface area contributed by atoms with Crippen LogP contribution in [0.3, 0.4) is 0 Å². The lowest BCUT2D eigenvalue weighted by atomic mass is 10.1. The Morgan fingerprint density at radius 1 is 0.882 bits per heavy atom. The van der Waals surface area contributed by atoms with E-state index in [1.807, 2.05) is 6.92 Å². The predicted molar refractivity (Wildman–Crippen MR) is 132 cm³/mol. The Balaban J connectivity index is 1.61. The highest BCUT2D eigenvalue weighted by molar-refractivity contribution is 7.92. The fourth-order valence-corrected chi connectivity index (χ4v) is 5.38. The van der Waals surface area contributed by atoms with Gasteiger partial charge in [0.05, 0.1) is 21.8 Å². The SMILES string of the molecule is Cc1ccc(N(CC(=O)Nc2ccccc2C(=O)N2CCCC2)S(=O)(=O)c2ccccc2)cc1. The molecule has 0 aromatic heterocycles. The highest BCUT2D eigenvalue weighted by Crippen LogP contribution is 2.25. The van der Waals surface area contributed by atoms with E-state index in [0.717, 1.165) is 22.7 Å². The second-order valence-corrected chi connectivity index (χ2v) is 10.1. The molecule has 1 heterocycles. The Morgan fingerprint density at radius 2 is 1.50 bits per heavy atom. The average Bonchev–Trinajstić information content (AvgIpc) is 3.39. The van der Waals surface area contributed by atoms with Gasteiger partial charge in [0, 0.05) is 13.1 Å². The van der Waals surface area contributed by atoms with Crippen molar-refractivity contribution in [3.8, 4) is 0 Å². The molecule has 2 amide bonds. The summed E-state index contributed by atoms with van der Waals surface area (Å²) in [4.78, 5) is 27.9. The number of likely N-dealkylation sites (tertiary alicyclic amines) is 1. The number of carbonyl (C=O) groups is 2. The summed E-state index contributed by atoms with van der Waals surface area (Å²) in [6, 6.07) is 21.8. The quantitative estimate of drug-likeness (QED) is 0.556. The fraction of sp³-hybridized carbons (Fsp3) is 0.231. The van der Waals surface area contributed by atoms with Crippen molar-refractivity contribution >= 4 is 33.2 Å². The molecule has 0 spiro atoms. The molecule has 0 radical (unpaired) electrons. The van der Waals surface area contributed by atoms with Crippen LogP contribution in [-0.4, -0.2) is 44.8 Å². The minimum Gasteiger partial charge on any atom is -0.339 e. The second-order valence-electron chi connectivity index (χ2n) is 8.25. The van der Waals surface area contributed by atoms with E-state index in [2.05, 4.69) is 5.32 Å². The molecule has 0 unspecified atom stereocenters. The minimum absolute atomic E-state index is 0.0907. The van der Waals surface area contributed by atoms with Gasteiger partial charge in [0.1, 0.15) is 6.54 Å². The topological polar surface area (TPSA) is 86.8 Å². The van der Waals surface area contributed by atoms with Gasteiger partial charge in [-0.05, 0) is 56.2 Å². The third-order valence-corrected chi connectivity index (χ3v) is 7.55. The number of sulfonamides is 1. The molecule has 3 aromatic rings. The van der Waals surface area contributed by atoms with Gasteiger partial charge in [-0.2, -0.15) is 0 Å². The van der Waals surface area contributed by atoms with Gasteiger partial charge >= 0.3 is 0 Å². The Labute approximate surface area is 200 Å². The lowest BCUT2D eigenvalue weighted by molar-refractivity contribution is -0.114. The lowest BCUT2D eigenvalue weighted by Crippen LogP contribution is -2.38. The van der Waals surface area contributed by atoms with Crippen LogP contribution in [0, 0.1) is 6.92 Å². The van der Waals surface area contributed by atoms with Crippen LogP contribution in [0.5, 0.6) is 0 Å². The van der Waals surface area contributed by atoms with Crippen molar-refractivity contribution in [1.29, 1.82) is 0 Å². The summed E-state index contributed by atoms with van der Waals surface area (Å²) in [5.74, 6) is -0.678. The number of rotatable bonds is 7. The largest absolute Gasteiger partial charge is 0.339 e. The van der Waals surface area contributed by atoms with Gasteiger partial charge in [-0.25, -0.2) is 8.42 Å². The third kappa shape index (κ3) is 5.12. The molecule has 176 valence electrons. The number of hydrogen-bond donors (Lipinski definition) is 1. The van der Waals surface area contributed by atoms with Crippen LogP contribution in [0.25, 0.3) is 0 Å². The Morgan fingerprint density at radius 3 is 2.18 bits per heavy atom. The normalized spacial score (nSPS) is 13.5. The van der Waals surface area contributed by atoms with Crippen molar-refractivity contribution in [3.63, 3.8) is 0 Å². The Bertz CT molecular complexity index is 1270. The molecule has 0 aliphatic carbocycles. The standard InChI is InChI=1S/C26H27N3O4S/c1-20-13-15-21(16-14-20)29(34(32,33)22-9-3-2-4-10-22)19-25(30)27-24-12-6-5-11-23(24)26(31)28-17-7-8-18-28/h2-6,9-16H,7-8,17-19H2,1H3,(H,27,30). The molecule has 1 aliphatic heterocycles. The number of para-hydroxylation sites is 1. The van der Waals surface area contributed by atoms with Gasteiger partial charge in [-0.3, -0.25) is 13.9 Å². The van der Waals surface area contributed by atoms with Gasteiger partial charge < -0.3 is 10.2 Å². The highest BCUT2D eigenvalue weighted by atomic mass is 32.2. The maximum Gasteiger partial charge on any atom is 0.264 e. The van der Waals surface area contributed by atoms with Crippen molar-refractivity contribution in [2.75, 3.05) is 29.3 Å². The van der Waals surface area contributed by atoms with Gasteiger partial charge in [-0.1, -0.05) is 48.0 Å². The summed E-state index contributed by atoms with van der Waals surface area (Å²) < 4.78 is 28.0. The van der Waals surface area contributed by atoms with Crippen LogP contribution in [0.1, 0.15) is 28.8 Å². The van der Waals surface area contributed by atoms with Gasteiger partial charge in [0.2, 0.25) is 5.91 Å². The molecular formula is C26H27N3O4S. The van der Waals surface area contributed by atoms with Crippen molar-refractivity contribution in [2.45, 2.75) is 24.7 Å². The van der Waals surface area contributed by atoms with E-state index in [1.165, 1.54) is 12.1 Å². The molecule has 7 nitrogen and oxygen atoms in total. The first-order chi connectivity index (χ1) is 16.4. The number of amides is 2. The molecule has 34 heavy (non-hydrogen) atoms. The molecule has 1 fully saturated rings. The van der Waals surface area contributed by atoms with Crippen LogP contribution < -0.4 is 9.62 Å².